The number of halogens is 1. The van der Waals surface area contributed by atoms with Gasteiger partial charge >= 0.3 is 0 Å². The topological polar surface area (TPSA) is 45.7 Å². The van der Waals surface area contributed by atoms with E-state index in [2.05, 4.69) is 66.7 Å². The molecule has 0 amide bonds. The molecule has 0 aromatic heterocycles. The van der Waals surface area contributed by atoms with Crippen molar-refractivity contribution in [3.05, 3.63) is 35.9 Å². The predicted molar refractivity (Wildman–Crippen MR) is 105 cm³/mol. The summed E-state index contributed by atoms with van der Waals surface area (Å²) in [4.78, 5) is 4.26. The van der Waals surface area contributed by atoms with Gasteiger partial charge in [0.15, 0.2) is 5.96 Å². The summed E-state index contributed by atoms with van der Waals surface area (Å²) in [5.41, 5.74) is 1.52. The monoisotopic (exact) mass is 419 g/mol. The third kappa shape index (κ3) is 8.58. The minimum Gasteiger partial charge on any atom is -0.383 e. The first-order chi connectivity index (χ1) is 9.96. The third-order valence-corrected chi connectivity index (χ3v) is 3.28. The van der Waals surface area contributed by atoms with Crippen LogP contribution in [-0.2, 0) is 11.2 Å². The molecule has 0 spiro atoms. The van der Waals surface area contributed by atoms with E-state index in [1.54, 1.807) is 14.2 Å². The third-order valence-electron chi connectivity index (χ3n) is 3.28. The lowest BCUT2D eigenvalue weighted by molar-refractivity contribution is 0.178. The number of methoxy groups -OCH3 is 1. The first-order valence-corrected chi connectivity index (χ1v) is 7.47. The molecule has 0 saturated carbocycles. The minimum atomic E-state index is 0. The number of rotatable bonds is 7. The van der Waals surface area contributed by atoms with Crippen LogP contribution in [0, 0.1) is 5.41 Å². The van der Waals surface area contributed by atoms with Gasteiger partial charge in [-0.25, -0.2) is 0 Å². The second kappa shape index (κ2) is 10.8. The van der Waals surface area contributed by atoms with Gasteiger partial charge in [0.2, 0.25) is 0 Å². The maximum absolute atomic E-state index is 5.13. The van der Waals surface area contributed by atoms with Crippen molar-refractivity contribution < 1.29 is 4.74 Å². The molecule has 0 radical (unpaired) electrons. The van der Waals surface area contributed by atoms with Gasteiger partial charge in [0.25, 0.3) is 0 Å². The first-order valence-electron chi connectivity index (χ1n) is 7.47. The molecule has 1 aromatic rings. The van der Waals surface area contributed by atoms with Crippen molar-refractivity contribution in [3.8, 4) is 0 Å². The van der Waals surface area contributed by atoms with Gasteiger partial charge in [0, 0.05) is 26.7 Å². The molecule has 2 N–H and O–H groups in total. The Bertz CT molecular complexity index is 435. The van der Waals surface area contributed by atoms with Crippen LogP contribution in [0.25, 0.3) is 0 Å². The summed E-state index contributed by atoms with van der Waals surface area (Å²) in [6, 6.07) is 10.8. The number of aliphatic imine (C=N–C) groups is 1. The second-order valence-electron chi connectivity index (χ2n) is 6.25. The van der Waals surface area contributed by atoms with E-state index in [1.165, 1.54) is 5.56 Å². The number of hydrogen-bond acceptors (Lipinski definition) is 2. The highest BCUT2D eigenvalue weighted by atomic mass is 127. The highest BCUT2D eigenvalue weighted by Gasteiger charge is 2.19. The van der Waals surface area contributed by atoms with Gasteiger partial charge in [0.1, 0.15) is 0 Å². The molecular weight excluding hydrogens is 389 g/mol. The highest BCUT2D eigenvalue weighted by molar-refractivity contribution is 14.0. The fraction of sp³-hybridized carbons (Fsp3) is 0.588. The average Bonchev–Trinajstić information content (AvgIpc) is 2.44. The summed E-state index contributed by atoms with van der Waals surface area (Å²) >= 11 is 0. The van der Waals surface area contributed by atoms with Crippen molar-refractivity contribution in [1.29, 1.82) is 0 Å². The van der Waals surface area contributed by atoms with E-state index in [0.29, 0.717) is 6.61 Å². The average molecular weight is 419 g/mol. The minimum absolute atomic E-state index is 0. The molecule has 5 heteroatoms. The van der Waals surface area contributed by atoms with Crippen LogP contribution in [0.4, 0.5) is 0 Å². The molecule has 0 fully saturated rings. The summed E-state index contributed by atoms with van der Waals surface area (Å²) in [5, 5.41) is 6.72. The molecule has 1 atom stereocenters. The molecule has 1 unspecified atom stereocenters. The van der Waals surface area contributed by atoms with E-state index in [9.17, 15) is 0 Å². The SMILES string of the molecule is CN=C(NCC(C)(C)Cc1ccccc1)NC(C)COC.I. The molecule has 0 aliphatic rings. The molecule has 0 bridgehead atoms. The van der Waals surface area contributed by atoms with Crippen molar-refractivity contribution in [2.45, 2.75) is 33.2 Å². The Morgan fingerprint density at radius 3 is 2.45 bits per heavy atom. The smallest absolute Gasteiger partial charge is 0.191 e. The maximum Gasteiger partial charge on any atom is 0.191 e. The van der Waals surface area contributed by atoms with Crippen molar-refractivity contribution >= 4 is 29.9 Å². The lowest BCUT2D eigenvalue weighted by atomic mass is 9.86. The Morgan fingerprint density at radius 1 is 1.27 bits per heavy atom. The summed E-state index contributed by atoms with van der Waals surface area (Å²) in [7, 11) is 3.50. The van der Waals surface area contributed by atoms with Crippen molar-refractivity contribution in [3.63, 3.8) is 0 Å². The molecule has 1 rings (SSSR count). The highest BCUT2D eigenvalue weighted by Crippen LogP contribution is 2.20. The quantitative estimate of drug-likeness (QED) is 0.406. The van der Waals surface area contributed by atoms with Gasteiger partial charge in [-0.15, -0.1) is 24.0 Å². The van der Waals surface area contributed by atoms with Crippen LogP contribution in [0.3, 0.4) is 0 Å². The van der Waals surface area contributed by atoms with Crippen LogP contribution >= 0.6 is 24.0 Å². The Hall–Kier alpha value is -0.820. The lowest BCUT2D eigenvalue weighted by Gasteiger charge is -2.27. The summed E-state index contributed by atoms with van der Waals surface area (Å²) < 4.78 is 5.13. The maximum atomic E-state index is 5.13. The van der Waals surface area contributed by atoms with Gasteiger partial charge in [-0.05, 0) is 24.3 Å². The Morgan fingerprint density at radius 2 is 1.91 bits per heavy atom. The number of nitrogens with one attached hydrogen (secondary N) is 2. The second-order valence-corrected chi connectivity index (χ2v) is 6.25. The number of benzene rings is 1. The van der Waals surface area contributed by atoms with E-state index in [4.69, 9.17) is 4.74 Å². The fourth-order valence-electron chi connectivity index (χ4n) is 2.25. The molecule has 22 heavy (non-hydrogen) atoms. The van der Waals surface area contributed by atoms with Crippen LogP contribution in [0.5, 0.6) is 0 Å². The van der Waals surface area contributed by atoms with E-state index >= 15 is 0 Å². The number of hydrogen-bond donors (Lipinski definition) is 2. The van der Waals surface area contributed by atoms with Crippen LogP contribution < -0.4 is 10.6 Å². The van der Waals surface area contributed by atoms with Crippen molar-refractivity contribution in [2.24, 2.45) is 10.4 Å². The predicted octanol–water partition coefficient (Wildman–Crippen LogP) is 3.07. The summed E-state index contributed by atoms with van der Waals surface area (Å²) in [6.07, 6.45) is 1.03. The molecule has 126 valence electrons. The van der Waals surface area contributed by atoms with E-state index in [-0.39, 0.29) is 35.4 Å². The number of ether oxygens (including phenoxy) is 1. The van der Waals surface area contributed by atoms with Crippen LogP contribution in [-0.4, -0.2) is 39.3 Å². The van der Waals surface area contributed by atoms with Gasteiger partial charge in [-0.3, -0.25) is 4.99 Å². The molecular formula is C17H30IN3O. The Balaban J connectivity index is 0.00000441. The van der Waals surface area contributed by atoms with Gasteiger partial charge < -0.3 is 15.4 Å². The number of nitrogens with zero attached hydrogens (tertiary/aromatic N) is 1. The lowest BCUT2D eigenvalue weighted by Crippen LogP contribution is -2.47. The van der Waals surface area contributed by atoms with Crippen LogP contribution in [0.2, 0.25) is 0 Å². The van der Waals surface area contributed by atoms with Gasteiger partial charge in [-0.1, -0.05) is 44.2 Å². The van der Waals surface area contributed by atoms with Crippen molar-refractivity contribution in [1.82, 2.24) is 10.6 Å². The standard InChI is InChI=1S/C17H29N3O.HI/c1-14(12-21-5)20-16(18-4)19-13-17(2,3)11-15-9-7-6-8-10-15;/h6-10,14H,11-13H2,1-5H3,(H2,18,19,20);1H. The molecule has 1 aromatic carbocycles. The fourth-order valence-corrected chi connectivity index (χ4v) is 2.25. The summed E-state index contributed by atoms with van der Waals surface area (Å²) in [5.74, 6) is 0.820. The van der Waals surface area contributed by atoms with Crippen LogP contribution in [0.15, 0.2) is 35.3 Å². The van der Waals surface area contributed by atoms with E-state index < -0.39 is 0 Å². The number of guanidine groups is 1. The molecule has 0 aliphatic heterocycles. The van der Waals surface area contributed by atoms with Crippen molar-refractivity contribution in [2.75, 3.05) is 27.3 Å². The molecule has 0 heterocycles. The zero-order valence-electron chi connectivity index (χ0n) is 14.3. The van der Waals surface area contributed by atoms with E-state index in [1.807, 2.05) is 0 Å². The summed E-state index contributed by atoms with van der Waals surface area (Å²) in [6.45, 7) is 8.12. The molecule has 0 aliphatic carbocycles. The Labute approximate surface area is 152 Å². The zero-order valence-corrected chi connectivity index (χ0v) is 16.7. The first kappa shape index (κ1) is 21.2. The molecule has 4 nitrogen and oxygen atoms in total. The van der Waals surface area contributed by atoms with E-state index in [0.717, 1.165) is 18.9 Å². The Kier molecular flexibility index (Phi) is 10.4. The van der Waals surface area contributed by atoms with Gasteiger partial charge in [0.05, 0.1) is 6.61 Å². The zero-order chi connectivity index (χ0) is 15.7. The normalized spacial score (nSPS) is 13.2. The largest absolute Gasteiger partial charge is 0.383 e. The van der Waals surface area contributed by atoms with Crippen LogP contribution in [0.1, 0.15) is 26.3 Å². The molecule has 0 saturated heterocycles. The van der Waals surface area contributed by atoms with Gasteiger partial charge in [-0.2, -0.15) is 0 Å².